The molecule has 5 nitrogen and oxygen atoms in total. The van der Waals surface area contributed by atoms with Gasteiger partial charge in [0.05, 0.1) is 18.8 Å². The molecule has 0 unspecified atom stereocenters. The Labute approximate surface area is 185 Å². The van der Waals surface area contributed by atoms with E-state index in [1.165, 1.54) is 6.08 Å². The van der Waals surface area contributed by atoms with Crippen molar-refractivity contribution >= 4 is 18.0 Å². The molecule has 5 heteroatoms. The van der Waals surface area contributed by atoms with Crippen LogP contribution in [0.15, 0.2) is 54.6 Å². The van der Waals surface area contributed by atoms with Crippen LogP contribution in [0.2, 0.25) is 0 Å². The molecule has 0 bridgehead atoms. The molecule has 0 aliphatic rings. The monoisotopic (exact) mass is 424 g/mol. The third-order valence-electron chi connectivity index (χ3n) is 4.55. The summed E-state index contributed by atoms with van der Waals surface area (Å²) < 4.78 is 16.2. The Hall–Kier alpha value is -3.08. The highest BCUT2D eigenvalue weighted by molar-refractivity contribution is 5.91. The zero-order chi connectivity index (χ0) is 22.5. The second kappa shape index (κ2) is 13.3. The standard InChI is InChI=1S/C26H32O5/c1-4-5-6-18-29-23-14-10-22(11-15-23)26(28)31-24-12-7-21(8-13-24)9-16-25(27)30-19-17-20(2)3/h7-16,20H,4-6,17-19H2,1-3H3/b16-9+. The van der Waals surface area contributed by atoms with Crippen LogP contribution >= 0.6 is 0 Å². The summed E-state index contributed by atoms with van der Waals surface area (Å²) in [5.74, 6) is 0.866. The van der Waals surface area contributed by atoms with Gasteiger partial charge in [0, 0.05) is 6.08 Å². The molecule has 0 spiro atoms. The molecule has 0 N–H and O–H groups in total. The third kappa shape index (κ3) is 9.51. The van der Waals surface area contributed by atoms with Crippen LogP contribution in [0, 0.1) is 5.92 Å². The number of hydrogen-bond acceptors (Lipinski definition) is 5. The molecular weight excluding hydrogens is 392 g/mol. The predicted octanol–water partition coefficient (Wildman–Crippen LogP) is 6.08. The Bertz CT molecular complexity index is 835. The van der Waals surface area contributed by atoms with E-state index in [1.54, 1.807) is 54.6 Å². The number of hydrogen-bond donors (Lipinski definition) is 0. The first-order valence-corrected chi connectivity index (χ1v) is 10.9. The van der Waals surface area contributed by atoms with Crippen molar-refractivity contribution < 1.29 is 23.8 Å². The maximum atomic E-state index is 12.3. The van der Waals surface area contributed by atoms with Crippen molar-refractivity contribution in [1.82, 2.24) is 0 Å². The lowest BCUT2D eigenvalue weighted by Crippen LogP contribution is -2.08. The van der Waals surface area contributed by atoms with E-state index in [0.29, 0.717) is 30.4 Å². The zero-order valence-electron chi connectivity index (χ0n) is 18.6. The van der Waals surface area contributed by atoms with Gasteiger partial charge < -0.3 is 14.2 Å². The fourth-order valence-corrected chi connectivity index (χ4v) is 2.65. The van der Waals surface area contributed by atoms with E-state index in [1.807, 2.05) is 0 Å². The molecule has 0 fully saturated rings. The van der Waals surface area contributed by atoms with E-state index < -0.39 is 5.97 Å². The summed E-state index contributed by atoms with van der Waals surface area (Å²) in [4.78, 5) is 24.0. The molecule has 31 heavy (non-hydrogen) atoms. The van der Waals surface area contributed by atoms with Crippen LogP contribution in [0.25, 0.3) is 6.08 Å². The van der Waals surface area contributed by atoms with Gasteiger partial charge in [0.15, 0.2) is 0 Å². The van der Waals surface area contributed by atoms with E-state index in [4.69, 9.17) is 14.2 Å². The maximum Gasteiger partial charge on any atom is 0.343 e. The van der Waals surface area contributed by atoms with Crippen LogP contribution in [0.3, 0.4) is 0 Å². The molecule has 2 aromatic rings. The topological polar surface area (TPSA) is 61.8 Å². The Morgan fingerprint density at radius 3 is 2.23 bits per heavy atom. The first-order valence-electron chi connectivity index (χ1n) is 10.9. The first-order chi connectivity index (χ1) is 15.0. The lowest BCUT2D eigenvalue weighted by Gasteiger charge is -2.07. The summed E-state index contributed by atoms with van der Waals surface area (Å²) in [6, 6.07) is 13.9. The number of benzene rings is 2. The van der Waals surface area contributed by atoms with Gasteiger partial charge in [-0.3, -0.25) is 0 Å². The summed E-state index contributed by atoms with van der Waals surface area (Å²) in [5.41, 5.74) is 1.26. The van der Waals surface area contributed by atoms with E-state index >= 15 is 0 Å². The summed E-state index contributed by atoms with van der Waals surface area (Å²) in [5, 5.41) is 0. The molecule has 166 valence electrons. The molecule has 0 amide bonds. The van der Waals surface area contributed by atoms with E-state index in [-0.39, 0.29) is 5.97 Å². The van der Waals surface area contributed by atoms with E-state index in [9.17, 15) is 9.59 Å². The number of carbonyl (C=O) groups excluding carboxylic acids is 2. The van der Waals surface area contributed by atoms with Crippen molar-refractivity contribution in [3.8, 4) is 11.5 Å². The number of unbranched alkanes of at least 4 members (excludes halogenated alkanes) is 2. The van der Waals surface area contributed by atoms with Crippen molar-refractivity contribution in [2.24, 2.45) is 5.92 Å². The number of rotatable bonds is 12. The molecule has 0 aromatic heterocycles. The quantitative estimate of drug-likeness (QED) is 0.179. The minimum absolute atomic E-state index is 0.367. The lowest BCUT2D eigenvalue weighted by molar-refractivity contribution is -0.137. The second-order valence-corrected chi connectivity index (χ2v) is 7.72. The SMILES string of the molecule is CCCCCOc1ccc(C(=O)Oc2ccc(/C=C/C(=O)OCCC(C)C)cc2)cc1. The Kier molecular flexibility index (Phi) is 10.4. The van der Waals surface area contributed by atoms with Gasteiger partial charge in [-0.25, -0.2) is 9.59 Å². The van der Waals surface area contributed by atoms with Crippen molar-refractivity contribution in [1.29, 1.82) is 0 Å². The van der Waals surface area contributed by atoms with Crippen LogP contribution in [-0.4, -0.2) is 25.2 Å². The van der Waals surface area contributed by atoms with Gasteiger partial charge in [0.1, 0.15) is 11.5 Å². The van der Waals surface area contributed by atoms with Gasteiger partial charge in [-0.2, -0.15) is 0 Å². The normalized spacial score (nSPS) is 11.0. The minimum Gasteiger partial charge on any atom is -0.494 e. The minimum atomic E-state index is -0.436. The first kappa shape index (κ1) is 24.2. The Morgan fingerprint density at radius 2 is 1.58 bits per heavy atom. The van der Waals surface area contributed by atoms with Crippen molar-refractivity contribution in [3.63, 3.8) is 0 Å². The molecular formula is C26H32O5. The molecule has 0 heterocycles. The largest absolute Gasteiger partial charge is 0.494 e. The molecule has 0 aliphatic carbocycles. The second-order valence-electron chi connectivity index (χ2n) is 7.72. The van der Waals surface area contributed by atoms with Crippen LogP contribution in [-0.2, 0) is 9.53 Å². The maximum absolute atomic E-state index is 12.3. The summed E-state index contributed by atoms with van der Waals surface area (Å²) >= 11 is 0. The number of carbonyl (C=O) groups is 2. The molecule has 0 saturated heterocycles. The highest BCUT2D eigenvalue weighted by Crippen LogP contribution is 2.17. The van der Waals surface area contributed by atoms with Gasteiger partial charge in [-0.05, 0) is 66.8 Å². The molecule has 0 saturated carbocycles. The highest BCUT2D eigenvalue weighted by Gasteiger charge is 2.09. The van der Waals surface area contributed by atoms with Crippen LogP contribution < -0.4 is 9.47 Å². The molecule has 0 aliphatic heterocycles. The fraction of sp³-hybridized carbons (Fsp3) is 0.385. The predicted molar refractivity (Wildman–Crippen MR) is 122 cm³/mol. The molecule has 0 atom stereocenters. The van der Waals surface area contributed by atoms with E-state index in [0.717, 1.165) is 37.0 Å². The fourth-order valence-electron chi connectivity index (χ4n) is 2.65. The lowest BCUT2D eigenvalue weighted by atomic mass is 10.1. The van der Waals surface area contributed by atoms with E-state index in [2.05, 4.69) is 20.8 Å². The Morgan fingerprint density at radius 1 is 0.903 bits per heavy atom. The number of esters is 2. The van der Waals surface area contributed by atoms with Gasteiger partial charge >= 0.3 is 11.9 Å². The molecule has 2 rings (SSSR count). The van der Waals surface area contributed by atoms with Gasteiger partial charge in [-0.1, -0.05) is 45.7 Å². The van der Waals surface area contributed by atoms with Crippen LogP contribution in [0.1, 0.15) is 62.4 Å². The smallest absolute Gasteiger partial charge is 0.343 e. The molecule has 0 radical (unpaired) electrons. The van der Waals surface area contributed by atoms with Crippen molar-refractivity contribution in [2.45, 2.75) is 46.5 Å². The van der Waals surface area contributed by atoms with Gasteiger partial charge in [-0.15, -0.1) is 0 Å². The van der Waals surface area contributed by atoms with Crippen LogP contribution in [0.4, 0.5) is 0 Å². The average Bonchev–Trinajstić information content (AvgIpc) is 2.76. The zero-order valence-corrected chi connectivity index (χ0v) is 18.6. The summed E-state index contributed by atoms with van der Waals surface area (Å²) in [6.07, 6.45) is 7.21. The van der Waals surface area contributed by atoms with Crippen molar-refractivity contribution in [3.05, 3.63) is 65.7 Å². The van der Waals surface area contributed by atoms with Crippen molar-refractivity contribution in [2.75, 3.05) is 13.2 Å². The summed E-state index contributed by atoms with van der Waals surface area (Å²) in [6.45, 7) is 7.40. The third-order valence-corrected chi connectivity index (χ3v) is 4.55. The van der Waals surface area contributed by atoms with Gasteiger partial charge in [0.25, 0.3) is 0 Å². The summed E-state index contributed by atoms with van der Waals surface area (Å²) in [7, 11) is 0. The average molecular weight is 425 g/mol. The Balaban J connectivity index is 1.82. The van der Waals surface area contributed by atoms with Gasteiger partial charge in [0.2, 0.25) is 0 Å². The van der Waals surface area contributed by atoms with Crippen LogP contribution in [0.5, 0.6) is 11.5 Å². The highest BCUT2D eigenvalue weighted by atomic mass is 16.5. The molecule has 2 aromatic carbocycles. The number of ether oxygens (including phenoxy) is 3.